The molecule has 8 heteroatoms. The van der Waals surface area contributed by atoms with Gasteiger partial charge in [-0.2, -0.15) is 5.10 Å². The Morgan fingerprint density at radius 1 is 1.15 bits per heavy atom. The molecule has 2 heterocycles. The van der Waals surface area contributed by atoms with Crippen molar-refractivity contribution in [1.29, 1.82) is 0 Å². The average molecular weight is 380 g/mol. The summed E-state index contributed by atoms with van der Waals surface area (Å²) in [6, 6.07) is 12.3. The molecule has 0 aliphatic rings. The number of rotatable bonds is 4. The zero-order chi connectivity index (χ0) is 19.0. The molecule has 0 bridgehead atoms. The minimum atomic E-state index is -0.596. The fourth-order valence-electron chi connectivity index (χ4n) is 2.74. The molecular weight excluding hydrogens is 366 g/mol. The van der Waals surface area contributed by atoms with Crippen LogP contribution in [-0.2, 0) is 7.05 Å². The summed E-state index contributed by atoms with van der Waals surface area (Å²) in [6.45, 7) is 0. The normalized spacial score (nSPS) is 10.9. The minimum absolute atomic E-state index is 0.167. The number of halogens is 1. The Morgan fingerprint density at radius 2 is 1.93 bits per heavy atom. The van der Waals surface area contributed by atoms with Crippen molar-refractivity contribution in [2.45, 2.75) is 0 Å². The second-order valence-electron chi connectivity index (χ2n) is 5.83. The molecule has 0 aliphatic heterocycles. The molecule has 2 aromatic carbocycles. The molecular formula is C19H14ClN5O2. The van der Waals surface area contributed by atoms with E-state index in [-0.39, 0.29) is 5.69 Å². The van der Waals surface area contributed by atoms with Crippen molar-refractivity contribution >= 4 is 28.4 Å². The summed E-state index contributed by atoms with van der Waals surface area (Å²) >= 11 is 6.24. The van der Waals surface area contributed by atoms with Gasteiger partial charge in [0.1, 0.15) is 17.2 Å². The van der Waals surface area contributed by atoms with Gasteiger partial charge in [-0.1, -0.05) is 11.6 Å². The van der Waals surface area contributed by atoms with Crippen LogP contribution in [0, 0.1) is 0 Å². The van der Waals surface area contributed by atoms with Gasteiger partial charge in [0, 0.05) is 18.8 Å². The van der Waals surface area contributed by atoms with E-state index in [1.165, 1.54) is 12.3 Å². The van der Waals surface area contributed by atoms with Gasteiger partial charge in [-0.3, -0.25) is 9.48 Å². The summed E-state index contributed by atoms with van der Waals surface area (Å²) in [5.74, 6) is 1.11. The highest BCUT2D eigenvalue weighted by atomic mass is 35.5. The molecule has 0 atom stereocenters. The predicted molar refractivity (Wildman–Crippen MR) is 102 cm³/mol. The summed E-state index contributed by atoms with van der Waals surface area (Å²) in [7, 11) is 1.83. The Kier molecular flexibility index (Phi) is 4.21. The number of fused-ring (bicyclic) bond motifs is 1. The largest absolute Gasteiger partial charge is 0.457 e. The Balaban J connectivity index is 1.63. The van der Waals surface area contributed by atoms with Gasteiger partial charge in [0.15, 0.2) is 5.82 Å². The first-order valence-corrected chi connectivity index (χ1v) is 8.42. The second-order valence-corrected chi connectivity index (χ2v) is 6.24. The predicted octanol–water partition coefficient (Wildman–Crippen LogP) is 3.57. The quantitative estimate of drug-likeness (QED) is 0.584. The Bertz CT molecular complexity index is 1150. The first kappa shape index (κ1) is 17.0. The SMILES string of the molecule is Cn1ncc2c(Oc3ccc(-c4nccc(C(N)=O)n4)cc3)ccc(Cl)c21. The highest BCUT2D eigenvalue weighted by Crippen LogP contribution is 2.34. The third kappa shape index (κ3) is 3.20. The molecule has 0 aliphatic carbocycles. The number of aryl methyl sites for hydroxylation is 1. The lowest BCUT2D eigenvalue weighted by Gasteiger charge is -2.09. The number of aromatic nitrogens is 4. The molecule has 4 rings (SSSR count). The fraction of sp³-hybridized carbons (Fsp3) is 0.0526. The summed E-state index contributed by atoms with van der Waals surface area (Å²) in [5.41, 5.74) is 6.98. The molecule has 0 unspecified atom stereocenters. The second kappa shape index (κ2) is 6.69. The van der Waals surface area contributed by atoms with Gasteiger partial charge in [-0.15, -0.1) is 0 Å². The van der Waals surface area contributed by atoms with Crippen molar-refractivity contribution in [2.75, 3.05) is 0 Å². The van der Waals surface area contributed by atoms with E-state index in [9.17, 15) is 4.79 Å². The number of primary amides is 1. The third-order valence-electron chi connectivity index (χ3n) is 4.06. The monoisotopic (exact) mass is 379 g/mol. The summed E-state index contributed by atoms with van der Waals surface area (Å²) in [4.78, 5) is 19.6. The smallest absolute Gasteiger partial charge is 0.267 e. The highest BCUT2D eigenvalue weighted by Gasteiger charge is 2.12. The lowest BCUT2D eigenvalue weighted by atomic mass is 10.2. The number of hydrogen-bond acceptors (Lipinski definition) is 5. The van der Waals surface area contributed by atoms with Gasteiger partial charge in [0.05, 0.1) is 22.1 Å². The van der Waals surface area contributed by atoms with Crippen LogP contribution in [-0.4, -0.2) is 25.7 Å². The number of amides is 1. The highest BCUT2D eigenvalue weighted by molar-refractivity contribution is 6.35. The van der Waals surface area contributed by atoms with E-state index in [0.29, 0.717) is 22.3 Å². The molecule has 0 saturated carbocycles. The topological polar surface area (TPSA) is 95.9 Å². The minimum Gasteiger partial charge on any atom is -0.457 e. The molecule has 2 N–H and O–H groups in total. The molecule has 7 nitrogen and oxygen atoms in total. The van der Waals surface area contributed by atoms with Crippen LogP contribution >= 0.6 is 11.6 Å². The molecule has 0 spiro atoms. The maximum atomic E-state index is 11.3. The van der Waals surface area contributed by atoms with Crippen LogP contribution in [0.3, 0.4) is 0 Å². The number of ether oxygens (including phenoxy) is 1. The zero-order valence-corrected chi connectivity index (χ0v) is 15.0. The number of hydrogen-bond donors (Lipinski definition) is 1. The fourth-order valence-corrected chi connectivity index (χ4v) is 3.03. The van der Waals surface area contributed by atoms with E-state index in [1.54, 1.807) is 35.1 Å². The molecule has 2 aromatic heterocycles. The van der Waals surface area contributed by atoms with Crippen LogP contribution in [0.1, 0.15) is 10.5 Å². The molecule has 134 valence electrons. The summed E-state index contributed by atoms with van der Waals surface area (Å²) in [6.07, 6.45) is 3.22. The van der Waals surface area contributed by atoms with Gasteiger partial charge < -0.3 is 10.5 Å². The van der Waals surface area contributed by atoms with Crippen LogP contribution in [0.15, 0.2) is 54.9 Å². The van der Waals surface area contributed by atoms with Crippen molar-refractivity contribution < 1.29 is 9.53 Å². The zero-order valence-electron chi connectivity index (χ0n) is 14.3. The number of benzene rings is 2. The molecule has 0 saturated heterocycles. The van der Waals surface area contributed by atoms with Crippen LogP contribution in [0.25, 0.3) is 22.3 Å². The number of nitrogens with two attached hydrogens (primary N) is 1. The Labute approximate surface area is 159 Å². The number of carbonyl (C=O) groups excluding carboxylic acids is 1. The first-order valence-electron chi connectivity index (χ1n) is 8.04. The molecule has 0 fully saturated rings. The maximum absolute atomic E-state index is 11.3. The van der Waals surface area contributed by atoms with Crippen LogP contribution < -0.4 is 10.5 Å². The summed E-state index contributed by atoms with van der Waals surface area (Å²) < 4.78 is 7.69. The first-order chi connectivity index (χ1) is 13.0. The molecule has 1 amide bonds. The van der Waals surface area contributed by atoms with Gasteiger partial charge >= 0.3 is 0 Å². The van der Waals surface area contributed by atoms with E-state index in [4.69, 9.17) is 22.1 Å². The van der Waals surface area contributed by atoms with Crippen LogP contribution in [0.2, 0.25) is 5.02 Å². The van der Waals surface area contributed by atoms with E-state index in [1.807, 2.05) is 19.2 Å². The van der Waals surface area contributed by atoms with Gasteiger partial charge in [0.25, 0.3) is 5.91 Å². The van der Waals surface area contributed by atoms with E-state index in [2.05, 4.69) is 15.1 Å². The van der Waals surface area contributed by atoms with Gasteiger partial charge in [-0.05, 0) is 42.5 Å². The molecule has 27 heavy (non-hydrogen) atoms. The average Bonchev–Trinajstić information content (AvgIpc) is 3.07. The van der Waals surface area contributed by atoms with Crippen molar-refractivity contribution in [3.8, 4) is 22.9 Å². The molecule has 0 radical (unpaired) electrons. The van der Waals surface area contributed by atoms with Crippen LogP contribution in [0.4, 0.5) is 0 Å². The standard InChI is InChI=1S/C19H14ClN5O2/c1-25-17-13(10-23-25)16(7-6-14(17)20)27-12-4-2-11(3-5-12)19-22-9-8-15(24-19)18(21)26/h2-10H,1H3,(H2,21,26). The van der Waals surface area contributed by atoms with E-state index >= 15 is 0 Å². The van der Waals surface area contributed by atoms with Crippen molar-refractivity contribution in [1.82, 2.24) is 19.7 Å². The van der Waals surface area contributed by atoms with Crippen LogP contribution in [0.5, 0.6) is 11.5 Å². The van der Waals surface area contributed by atoms with E-state index < -0.39 is 5.91 Å². The Hall–Kier alpha value is -3.45. The Morgan fingerprint density at radius 3 is 2.67 bits per heavy atom. The third-order valence-corrected chi connectivity index (χ3v) is 4.36. The van der Waals surface area contributed by atoms with Crippen molar-refractivity contribution in [3.63, 3.8) is 0 Å². The maximum Gasteiger partial charge on any atom is 0.267 e. The number of nitrogens with zero attached hydrogens (tertiary/aromatic N) is 4. The van der Waals surface area contributed by atoms with Gasteiger partial charge in [-0.25, -0.2) is 9.97 Å². The van der Waals surface area contributed by atoms with Crippen molar-refractivity contribution in [2.24, 2.45) is 12.8 Å². The van der Waals surface area contributed by atoms with E-state index in [0.717, 1.165) is 16.5 Å². The lowest BCUT2D eigenvalue weighted by molar-refractivity contribution is 0.0995. The summed E-state index contributed by atoms with van der Waals surface area (Å²) in [5, 5.41) is 5.67. The van der Waals surface area contributed by atoms with Crippen molar-refractivity contribution in [3.05, 3.63) is 65.6 Å². The molecule has 4 aromatic rings. The number of carbonyl (C=O) groups is 1. The lowest BCUT2D eigenvalue weighted by Crippen LogP contribution is -2.13. The van der Waals surface area contributed by atoms with Gasteiger partial charge in [0.2, 0.25) is 0 Å².